The molecule has 0 radical (unpaired) electrons. The molecule has 0 saturated carbocycles. The highest BCUT2D eigenvalue weighted by molar-refractivity contribution is 6.20. The second-order valence-corrected chi connectivity index (χ2v) is 13.4. The Labute approximate surface area is 325 Å². The molecule has 0 fully saturated rings. The Balaban J connectivity index is 1.80. The number of allylic oxidation sites excluding steroid dienone is 12. The lowest BCUT2D eigenvalue weighted by Crippen LogP contribution is -2.09. The van der Waals surface area contributed by atoms with Crippen molar-refractivity contribution in [3.8, 4) is 0 Å². The first kappa shape index (κ1) is 41.1. The first-order chi connectivity index (χ1) is 26.8. The molecule has 14 heteroatoms. The van der Waals surface area contributed by atoms with Gasteiger partial charge < -0.3 is 23.7 Å². The highest BCUT2D eigenvalue weighted by atomic mass is 16.5. The van der Waals surface area contributed by atoms with Crippen LogP contribution >= 0.6 is 0 Å². The van der Waals surface area contributed by atoms with Gasteiger partial charge in [-0.25, -0.2) is 20.0 Å². The number of ether oxygens (including phenoxy) is 5. The summed E-state index contributed by atoms with van der Waals surface area (Å²) >= 11 is 0. The second-order valence-electron chi connectivity index (χ2n) is 13.4. The minimum Gasteiger partial charge on any atom is -0.469 e. The number of esters is 5. The molecule has 0 aromatic heterocycles. The number of hydrogen-bond donors (Lipinski definition) is 0. The van der Waals surface area contributed by atoms with Gasteiger partial charge in [-0.1, -0.05) is 0 Å². The van der Waals surface area contributed by atoms with E-state index < -0.39 is 17.9 Å². The molecule has 5 aliphatic rings. The Bertz CT molecular complexity index is 2160. The first-order valence-electron chi connectivity index (χ1n) is 18.2. The van der Waals surface area contributed by atoms with E-state index in [1.54, 1.807) is 12.2 Å². The van der Waals surface area contributed by atoms with Gasteiger partial charge in [-0.15, -0.1) is 0 Å². The molecular weight excluding hydrogens is 720 g/mol. The highest BCUT2D eigenvalue weighted by Crippen LogP contribution is 2.39. The van der Waals surface area contributed by atoms with E-state index in [2.05, 4.69) is 0 Å². The van der Waals surface area contributed by atoms with Crippen molar-refractivity contribution >= 4 is 52.7 Å². The van der Waals surface area contributed by atoms with E-state index in [0.29, 0.717) is 76.0 Å². The van der Waals surface area contributed by atoms with Crippen LogP contribution in [0, 0.1) is 0 Å². The van der Waals surface area contributed by atoms with Gasteiger partial charge in [-0.3, -0.25) is 24.0 Å². The fourth-order valence-electron chi connectivity index (χ4n) is 6.95. The number of aliphatic imine (C=N–C) groups is 4. The summed E-state index contributed by atoms with van der Waals surface area (Å²) in [7, 11) is 6.62. The fourth-order valence-corrected chi connectivity index (χ4v) is 6.95. The Morgan fingerprint density at radius 3 is 1.16 bits per heavy atom. The summed E-state index contributed by atoms with van der Waals surface area (Å²) in [5.74, 6) is -2.08. The lowest BCUT2D eigenvalue weighted by atomic mass is 9.93. The zero-order chi connectivity index (χ0) is 40.7. The van der Waals surface area contributed by atoms with Gasteiger partial charge in [-0.05, 0) is 115 Å². The first-order valence-corrected chi connectivity index (χ1v) is 18.2. The Morgan fingerprint density at radius 2 is 0.714 bits per heavy atom. The van der Waals surface area contributed by atoms with Crippen LogP contribution in [0.15, 0.2) is 112 Å². The summed E-state index contributed by atoms with van der Waals surface area (Å²) < 4.78 is 24.9. The van der Waals surface area contributed by atoms with E-state index >= 15 is 0 Å². The minimum atomic E-state index is -0.513. The van der Waals surface area contributed by atoms with Crippen molar-refractivity contribution in [1.29, 1.82) is 0 Å². The summed E-state index contributed by atoms with van der Waals surface area (Å²) in [6.07, 6.45) is 8.67. The quantitative estimate of drug-likeness (QED) is 0.151. The second kappa shape index (κ2) is 18.1. The predicted octanol–water partition coefficient (Wildman–Crippen LogP) is 5.98. The molecule has 8 bridgehead atoms. The van der Waals surface area contributed by atoms with Crippen LogP contribution in [0.3, 0.4) is 0 Å². The molecule has 0 N–H and O–H groups in total. The van der Waals surface area contributed by atoms with Crippen molar-refractivity contribution in [1.82, 2.24) is 0 Å². The van der Waals surface area contributed by atoms with Gasteiger partial charge in [0.25, 0.3) is 0 Å². The number of methoxy groups -OCH3 is 5. The van der Waals surface area contributed by atoms with Gasteiger partial charge in [-0.2, -0.15) is 0 Å². The van der Waals surface area contributed by atoms with Crippen molar-refractivity contribution in [2.24, 2.45) is 20.0 Å². The SMILES string of the molecule is COC(=O)CCC1=C(C)C2=NC1=CC1=NC(=CC3=NC(=CC4=NC(=C2)C(C)=C4CCC(=O)OC)C(C)=C3CCC(=O)OC)C(CC(=O)OC)=C1CCC(=O)OC. The van der Waals surface area contributed by atoms with Crippen molar-refractivity contribution < 1.29 is 47.7 Å². The largest absolute Gasteiger partial charge is 0.469 e. The maximum Gasteiger partial charge on any atom is 0.310 e. The molecule has 5 rings (SSSR count). The number of hydrogen-bond acceptors (Lipinski definition) is 14. The van der Waals surface area contributed by atoms with Gasteiger partial charge >= 0.3 is 29.8 Å². The van der Waals surface area contributed by atoms with Crippen LogP contribution in [0.25, 0.3) is 0 Å². The summed E-state index contributed by atoms with van der Waals surface area (Å²) in [6.45, 7) is 5.78. The molecule has 5 aliphatic heterocycles. The third-order valence-electron chi connectivity index (χ3n) is 10.3. The van der Waals surface area contributed by atoms with Gasteiger partial charge in [0, 0.05) is 25.7 Å². The summed E-state index contributed by atoms with van der Waals surface area (Å²) in [5.41, 5.74) is 10.5. The summed E-state index contributed by atoms with van der Waals surface area (Å²) in [6, 6.07) is 0. The molecule has 294 valence electrons. The van der Waals surface area contributed by atoms with Crippen molar-refractivity contribution in [3.05, 3.63) is 91.7 Å². The lowest BCUT2D eigenvalue weighted by molar-refractivity contribution is -0.141. The molecule has 56 heavy (non-hydrogen) atoms. The van der Waals surface area contributed by atoms with Crippen LogP contribution in [0.2, 0.25) is 0 Å². The van der Waals surface area contributed by atoms with Gasteiger partial charge in [0.05, 0.1) is 87.6 Å². The fraction of sp³-hybridized carbons (Fsp3) is 0.405. The Morgan fingerprint density at radius 1 is 0.393 bits per heavy atom. The molecule has 0 spiro atoms. The average Bonchev–Trinajstić information content (AvgIpc) is 3.86. The molecule has 14 nitrogen and oxygen atoms in total. The van der Waals surface area contributed by atoms with Gasteiger partial charge in [0.1, 0.15) is 0 Å². The monoisotopic (exact) mass is 766 g/mol. The average molecular weight is 767 g/mol. The Kier molecular flexibility index (Phi) is 13.3. The van der Waals surface area contributed by atoms with Crippen molar-refractivity contribution in [2.75, 3.05) is 35.5 Å². The van der Waals surface area contributed by atoms with Crippen LogP contribution in [-0.4, -0.2) is 88.2 Å². The predicted molar refractivity (Wildman–Crippen MR) is 209 cm³/mol. The molecular formula is C42H46N4O10. The third kappa shape index (κ3) is 9.07. The molecule has 0 unspecified atom stereocenters. The zero-order valence-electron chi connectivity index (χ0n) is 33.0. The highest BCUT2D eigenvalue weighted by Gasteiger charge is 2.31. The number of carbonyl (C=O) groups excluding carboxylic acids is 5. The number of rotatable bonds is 14. The van der Waals surface area contributed by atoms with Gasteiger partial charge in [0.15, 0.2) is 0 Å². The molecule has 0 aromatic rings. The number of carbonyl (C=O) groups is 5. The van der Waals surface area contributed by atoms with E-state index in [1.165, 1.54) is 35.5 Å². The maximum absolute atomic E-state index is 12.9. The third-order valence-corrected chi connectivity index (χ3v) is 10.3. The van der Waals surface area contributed by atoms with Crippen LogP contribution in [0.4, 0.5) is 0 Å². The van der Waals surface area contributed by atoms with E-state index in [-0.39, 0.29) is 50.5 Å². The molecule has 0 aromatic carbocycles. The Hall–Kier alpha value is -6.05. The lowest BCUT2D eigenvalue weighted by Gasteiger charge is -2.10. The van der Waals surface area contributed by atoms with Crippen LogP contribution < -0.4 is 0 Å². The van der Waals surface area contributed by atoms with Crippen molar-refractivity contribution in [3.63, 3.8) is 0 Å². The van der Waals surface area contributed by atoms with E-state index in [0.717, 1.165) is 33.4 Å². The van der Waals surface area contributed by atoms with E-state index in [4.69, 9.17) is 43.7 Å². The van der Waals surface area contributed by atoms with Gasteiger partial charge in [0.2, 0.25) is 0 Å². The normalized spacial score (nSPS) is 17.4. The molecule has 0 aliphatic carbocycles. The molecule has 0 atom stereocenters. The zero-order valence-corrected chi connectivity index (χ0v) is 33.0. The number of nitrogens with zero attached hydrogens (tertiary/aromatic N) is 4. The van der Waals surface area contributed by atoms with Crippen LogP contribution in [-0.2, 0) is 47.7 Å². The molecule has 0 amide bonds. The van der Waals surface area contributed by atoms with Crippen molar-refractivity contribution in [2.45, 2.75) is 78.6 Å². The smallest absolute Gasteiger partial charge is 0.310 e. The molecule has 5 heterocycles. The summed E-state index contributed by atoms with van der Waals surface area (Å²) in [4.78, 5) is 82.6. The maximum atomic E-state index is 12.9. The minimum absolute atomic E-state index is 0.0118. The van der Waals surface area contributed by atoms with E-state index in [9.17, 15) is 24.0 Å². The van der Waals surface area contributed by atoms with Crippen LogP contribution in [0.1, 0.15) is 78.6 Å². The standard InChI is InChI=1S/C42H46N4O10/c1-22-25(9-13-38(47)52-4)33-19-32-24(3)27(11-15-40(49)54-6)35(45-32)21-37-29(17-42(51)56-8)28(12-16-41(50)55-7)36(46-37)20-34-26(10-14-39(48)53-5)23(2)31(44-34)18-30(22)43-33/h18-21H,9-17H2,1-8H3. The number of fused-ring (bicyclic) bond motifs is 4. The summed E-state index contributed by atoms with van der Waals surface area (Å²) in [5, 5.41) is 0. The topological polar surface area (TPSA) is 181 Å². The van der Waals surface area contributed by atoms with Crippen LogP contribution in [0.5, 0.6) is 0 Å². The molecule has 0 saturated heterocycles. The van der Waals surface area contributed by atoms with E-state index in [1.807, 2.05) is 32.9 Å².